The van der Waals surface area contributed by atoms with Gasteiger partial charge in [0.05, 0.1) is 5.69 Å². The second-order valence-corrected chi connectivity index (χ2v) is 7.15. The second kappa shape index (κ2) is 5.95. The van der Waals surface area contributed by atoms with Crippen molar-refractivity contribution in [3.63, 3.8) is 0 Å². The number of hydrogen-bond acceptors (Lipinski definition) is 3. The van der Waals surface area contributed by atoms with E-state index in [0.29, 0.717) is 4.47 Å². The van der Waals surface area contributed by atoms with Crippen LogP contribution in [0.4, 0.5) is 5.69 Å². The molecule has 0 atom stereocenters. The van der Waals surface area contributed by atoms with Crippen molar-refractivity contribution in [2.45, 2.75) is 18.4 Å². The zero-order valence-corrected chi connectivity index (χ0v) is 13.3. The van der Waals surface area contributed by atoms with Crippen LogP contribution in [0.5, 0.6) is 0 Å². The first-order chi connectivity index (χ1) is 9.38. The van der Waals surface area contributed by atoms with Crippen LogP contribution < -0.4 is 10.5 Å². The smallest absolute Gasteiger partial charge is 0.242 e. The standard InChI is InChI=1S/C14H15BrN2O2S/c1-10-3-2-4-11(7-10)9-17-20(18,19)14-8-12(15)5-6-13(14)16/h2-8,17H,9,16H2,1H3. The van der Waals surface area contributed by atoms with E-state index in [1.165, 1.54) is 6.07 Å². The van der Waals surface area contributed by atoms with Crippen LogP contribution in [0, 0.1) is 6.92 Å². The van der Waals surface area contributed by atoms with Crippen LogP contribution in [0.15, 0.2) is 51.8 Å². The van der Waals surface area contributed by atoms with E-state index in [0.717, 1.165) is 11.1 Å². The van der Waals surface area contributed by atoms with Gasteiger partial charge >= 0.3 is 0 Å². The maximum Gasteiger partial charge on any atom is 0.242 e. The Morgan fingerprint density at radius 1 is 1.20 bits per heavy atom. The van der Waals surface area contributed by atoms with Gasteiger partial charge < -0.3 is 5.73 Å². The minimum Gasteiger partial charge on any atom is -0.398 e. The average Bonchev–Trinajstić information content (AvgIpc) is 2.39. The molecule has 6 heteroatoms. The predicted molar refractivity (Wildman–Crippen MR) is 83.8 cm³/mol. The molecule has 20 heavy (non-hydrogen) atoms. The molecule has 106 valence electrons. The lowest BCUT2D eigenvalue weighted by Gasteiger charge is -2.10. The van der Waals surface area contributed by atoms with Crippen molar-refractivity contribution in [3.05, 3.63) is 58.1 Å². The van der Waals surface area contributed by atoms with E-state index in [-0.39, 0.29) is 17.1 Å². The molecule has 0 unspecified atom stereocenters. The van der Waals surface area contributed by atoms with Gasteiger partial charge in [-0.1, -0.05) is 45.8 Å². The molecular formula is C14H15BrN2O2S. The van der Waals surface area contributed by atoms with Crippen molar-refractivity contribution in [1.29, 1.82) is 0 Å². The van der Waals surface area contributed by atoms with Crippen LogP contribution in [0.3, 0.4) is 0 Å². The van der Waals surface area contributed by atoms with Crippen LogP contribution in [0.2, 0.25) is 0 Å². The van der Waals surface area contributed by atoms with Crippen molar-refractivity contribution in [1.82, 2.24) is 4.72 Å². The van der Waals surface area contributed by atoms with E-state index in [2.05, 4.69) is 20.7 Å². The molecule has 2 rings (SSSR count). The van der Waals surface area contributed by atoms with Gasteiger partial charge in [-0.2, -0.15) is 0 Å². The lowest BCUT2D eigenvalue weighted by Crippen LogP contribution is -2.24. The van der Waals surface area contributed by atoms with Crippen LogP contribution in [-0.4, -0.2) is 8.42 Å². The normalized spacial score (nSPS) is 11.5. The topological polar surface area (TPSA) is 72.2 Å². The minimum absolute atomic E-state index is 0.0829. The van der Waals surface area contributed by atoms with Crippen molar-refractivity contribution < 1.29 is 8.42 Å². The molecule has 0 aliphatic heterocycles. The zero-order chi connectivity index (χ0) is 14.8. The third-order valence-corrected chi connectivity index (χ3v) is 4.76. The third kappa shape index (κ3) is 3.59. The van der Waals surface area contributed by atoms with Crippen LogP contribution in [0.1, 0.15) is 11.1 Å². The number of rotatable bonds is 4. The van der Waals surface area contributed by atoms with Gasteiger partial charge in [-0.15, -0.1) is 0 Å². The fourth-order valence-electron chi connectivity index (χ4n) is 1.82. The highest BCUT2D eigenvalue weighted by Crippen LogP contribution is 2.23. The lowest BCUT2D eigenvalue weighted by atomic mass is 10.1. The molecule has 0 spiro atoms. The Balaban J connectivity index is 2.21. The maximum absolute atomic E-state index is 12.3. The van der Waals surface area contributed by atoms with Gasteiger partial charge in [-0.25, -0.2) is 13.1 Å². The number of anilines is 1. The third-order valence-electron chi connectivity index (χ3n) is 2.81. The Kier molecular flexibility index (Phi) is 4.47. The molecule has 2 aromatic rings. The minimum atomic E-state index is -3.63. The Labute approximate surface area is 127 Å². The van der Waals surface area contributed by atoms with E-state index in [1.54, 1.807) is 12.1 Å². The Morgan fingerprint density at radius 3 is 2.65 bits per heavy atom. The predicted octanol–water partition coefficient (Wildman–Crippen LogP) is 2.82. The maximum atomic E-state index is 12.3. The summed E-state index contributed by atoms with van der Waals surface area (Å²) in [6.07, 6.45) is 0. The highest BCUT2D eigenvalue weighted by Gasteiger charge is 2.17. The van der Waals surface area contributed by atoms with Crippen molar-refractivity contribution in [3.8, 4) is 0 Å². The number of aryl methyl sites for hydroxylation is 1. The van der Waals surface area contributed by atoms with E-state index >= 15 is 0 Å². The summed E-state index contributed by atoms with van der Waals surface area (Å²) in [6, 6.07) is 12.4. The fraction of sp³-hybridized carbons (Fsp3) is 0.143. The summed E-state index contributed by atoms with van der Waals surface area (Å²) in [5.74, 6) is 0. The molecule has 0 fully saturated rings. The molecule has 4 nitrogen and oxygen atoms in total. The summed E-state index contributed by atoms with van der Waals surface area (Å²) in [5.41, 5.74) is 7.95. The summed E-state index contributed by atoms with van der Waals surface area (Å²) in [5, 5.41) is 0. The number of hydrogen-bond donors (Lipinski definition) is 2. The molecule has 0 radical (unpaired) electrons. The van der Waals surface area contributed by atoms with Crippen molar-refractivity contribution in [2.24, 2.45) is 0 Å². The molecule has 3 N–H and O–H groups in total. The largest absolute Gasteiger partial charge is 0.398 e. The quantitative estimate of drug-likeness (QED) is 0.829. The molecule has 0 aliphatic carbocycles. The van der Waals surface area contributed by atoms with Gasteiger partial charge in [0, 0.05) is 11.0 Å². The summed E-state index contributed by atoms with van der Waals surface area (Å²) in [6.45, 7) is 2.19. The summed E-state index contributed by atoms with van der Waals surface area (Å²) >= 11 is 3.25. The van der Waals surface area contributed by atoms with Gasteiger partial charge in [0.2, 0.25) is 10.0 Å². The molecule has 0 bridgehead atoms. The van der Waals surface area contributed by atoms with Crippen molar-refractivity contribution >= 4 is 31.6 Å². The first-order valence-corrected chi connectivity index (χ1v) is 8.26. The molecule has 2 aromatic carbocycles. The van der Waals surface area contributed by atoms with Gasteiger partial charge in [0.15, 0.2) is 0 Å². The number of sulfonamides is 1. The number of nitrogen functional groups attached to an aromatic ring is 1. The molecule has 0 saturated heterocycles. The van der Waals surface area contributed by atoms with Crippen LogP contribution in [-0.2, 0) is 16.6 Å². The SMILES string of the molecule is Cc1cccc(CNS(=O)(=O)c2cc(Br)ccc2N)c1. The summed E-state index contributed by atoms with van der Waals surface area (Å²) in [4.78, 5) is 0.0829. The number of nitrogens with one attached hydrogen (secondary N) is 1. The summed E-state index contributed by atoms with van der Waals surface area (Å²) in [7, 11) is -3.63. The monoisotopic (exact) mass is 354 g/mol. The molecule has 0 aromatic heterocycles. The molecule has 0 heterocycles. The van der Waals surface area contributed by atoms with Gasteiger partial charge in [-0.3, -0.25) is 0 Å². The van der Waals surface area contributed by atoms with Crippen LogP contribution in [0.25, 0.3) is 0 Å². The summed E-state index contributed by atoms with van der Waals surface area (Å²) < 4.78 is 27.7. The number of nitrogens with two attached hydrogens (primary N) is 1. The number of benzene rings is 2. The van der Waals surface area contributed by atoms with E-state index in [4.69, 9.17) is 5.73 Å². The average molecular weight is 355 g/mol. The van der Waals surface area contributed by atoms with E-state index in [1.807, 2.05) is 31.2 Å². The van der Waals surface area contributed by atoms with Crippen molar-refractivity contribution in [2.75, 3.05) is 5.73 Å². The van der Waals surface area contributed by atoms with Gasteiger partial charge in [0.25, 0.3) is 0 Å². The van der Waals surface area contributed by atoms with Crippen LogP contribution >= 0.6 is 15.9 Å². The highest BCUT2D eigenvalue weighted by atomic mass is 79.9. The second-order valence-electron chi connectivity index (χ2n) is 4.50. The Hall–Kier alpha value is -1.37. The molecule has 0 aliphatic rings. The fourth-order valence-corrected chi connectivity index (χ4v) is 3.50. The van der Waals surface area contributed by atoms with Gasteiger partial charge in [0.1, 0.15) is 4.90 Å². The first-order valence-electron chi connectivity index (χ1n) is 5.99. The lowest BCUT2D eigenvalue weighted by molar-refractivity contribution is 0.581. The number of halogens is 1. The van der Waals surface area contributed by atoms with Gasteiger partial charge in [-0.05, 0) is 30.7 Å². The Bertz CT molecular complexity index is 730. The Morgan fingerprint density at radius 2 is 1.95 bits per heavy atom. The first kappa shape index (κ1) is 15.0. The highest BCUT2D eigenvalue weighted by molar-refractivity contribution is 9.10. The van der Waals surface area contributed by atoms with E-state index < -0.39 is 10.0 Å². The van der Waals surface area contributed by atoms with E-state index in [9.17, 15) is 8.42 Å². The molecular weight excluding hydrogens is 340 g/mol. The molecule has 0 amide bonds. The zero-order valence-electron chi connectivity index (χ0n) is 10.9. The molecule has 0 saturated carbocycles.